The molecule has 0 aliphatic carbocycles. The predicted molar refractivity (Wildman–Crippen MR) is 59.8 cm³/mol. The number of hydrazine groups is 1. The van der Waals surface area contributed by atoms with E-state index in [0.29, 0.717) is 5.75 Å². The summed E-state index contributed by atoms with van der Waals surface area (Å²) in [7, 11) is 0. The monoisotopic (exact) mass is 256 g/mol. The maximum absolute atomic E-state index is 11.3. The molecule has 2 heterocycles. The normalized spacial score (nSPS) is 10.3. The minimum atomic E-state index is -0.433. The topological polar surface area (TPSA) is 94.0 Å². The second-order valence-electron chi connectivity index (χ2n) is 2.74. The molecule has 0 radical (unpaired) electrons. The van der Waals surface area contributed by atoms with E-state index >= 15 is 0 Å². The molecule has 0 aliphatic rings. The highest BCUT2D eigenvalue weighted by Crippen LogP contribution is 2.25. The molecular weight excluding hydrogens is 248 g/mol. The van der Waals surface area contributed by atoms with Gasteiger partial charge in [0.05, 0.1) is 6.26 Å². The number of nitrogens with two attached hydrogens (primary N) is 1. The van der Waals surface area contributed by atoms with Crippen LogP contribution in [-0.2, 0) is 5.75 Å². The first-order valence-electron chi connectivity index (χ1n) is 4.28. The Labute approximate surface area is 99.4 Å². The van der Waals surface area contributed by atoms with Gasteiger partial charge in [0.25, 0.3) is 0 Å². The molecule has 0 bridgehead atoms. The Morgan fingerprint density at radius 3 is 3.25 bits per heavy atom. The van der Waals surface area contributed by atoms with Crippen LogP contribution in [0.4, 0.5) is 0 Å². The number of aromatic nitrogens is 2. The number of hydrogen-bond donors (Lipinski definition) is 2. The van der Waals surface area contributed by atoms with Gasteiger partial charge in [0.2, 0.25) is 0 Å². The summed E-state index contributed by atoms with van der Waals surface area (Å²) >= 11 is 2.80. The van der Waals surface area contributed by atoms with Crippen molar-refractivity contribution in [2.24, 2.45) is 5.84 Å². The smallest absolute Gasteiger partial charge is 0.301 e. The fourth-order valence-electron chi connectivity index (χ4n) is 1.08. The Balaban J connectivity index is 2.04. The zero-order chi connectivity index (χ0) is 11.4. The first kappa shape index (κ1) is 11.1. The lowest BCUT2D eigenvalue weighted by Gasteiger charge is -1.99. The maximum Gasteiger partial charge on any atom is 0.301 e. The Hall–Kier alpha value is -1.38. The molecule has 16 heavy (non-hydrogen) atoms. The van der Waals surface area contributed by atoms with Gasteiger partial charge in [-0.2, -0.15) is 4.37 Å². The lowest BCUT2D eigenvalue weighted by Crippen LogP contribution is -2.30. The number of carbonyl (C=O) groups excluding carboxylic acids is 1. The molecular formula is C8H8N4O2S2. The number of nitrogen functional groups attached to an aromatic ring is 1. The molecule has 6 nitrogen and oxygen atoms in total. The number of carbonyl (C=O) groups is 1. The SMILES string of the molecule is NNC(=O)c1occc1CSc1ncns1. The largest absolute Gasteiger partial charge is 0.459 e. The molecule has 8 heteroatoms. The van der Waals surface area contributed by atoms with Crippen molar-refractivity contribution in [3.05, 3.63) is 30.0 Å². The van der Waals surface area contributed by atoms with Crippen LogP contribution < -0.4 is 11.3 Å². The van der Waals surface area contributed by atoms with Crippen molar-refractivity contribution in [2.45, 2.75) is 10.1 Å². The summed E-state index contributed by atoms with van der Waals surface area (Å²) < 4.78 is 9.78. The standard InChI is InChI=1S/C8H8N4O2S2/c9-12-7(13)6-5(1-2-14-6)3-15-8-10-4-11-16-8/h1-2,4H,3,9H2,(H,12,13). The van der Waals surface area contributed by atoms with Gasteiger partial charge in [0, 0.05) is 11.3 Å². The third-order valence-electron chi connectivity index (χ3n) is 1.78. The molecule has 0 aromatic carbocycles. The van der Waals surface area contributed by atoms with E-state index < -0.39 is 5.91 Å². The van der Waals surface area contributed by atoms with E-state index in [9.17, 15) is 4.79 Å². The van der Waals surface area contributed by atoms with Gasteiger partial charge in [-0.1, -0.05) is 11.8 Å². The molecule has 2 aromatic heterocycles. The van der Waals surface area contributed by atoms with Gasteiger partial charge in [0.1, 0.15) is 6.33 Å². The van der Waals surface area contributed by atoms with Crippen molar-refractivity contribution in [3.63, 3.8) is 0 Å². The van der Waals surface area contributed by atoms with Crippen molar-refractivity contribution in [2.75, 3.05) is 0 Å². The Bertz CT molecular complexity index is 468. The van der Waals surface area contributed by atoms with Crippen LogP contribution in [0.15, 0.2) is 27.4 Å². The predicted octanol–water partition coefficient (Wildman–Crippen LogP) is 1.03. The van der Waals surface area contributed by atoms with E-state index in [2.05, 4.69) is 9.36 Å². The third-order valence-corrected chi connectivity index (χ3v) is 3.62. The molecule has 0 saturated carbocycles. The Morgan fingerprint density at radius 2 is 2.56 bits per heavy atom. The van der Waals surface area contributed by atoms with Gasteiger partial charge in [0.15, 0.2) is 10.1 Å². The van der Waals surface area contributed by atoms with Gasteiger partial charge in [-0.3, -0.25) is 10.2 Å². The van der Waals surface area contributed by atoms with E-state index in [4.69, 9.17) is 10.3 Å². The number of rotatable bonds is 4. The minimum Gasteiger partial charge on any atom is -0.459 e. The van der Waals surface area contributed by atoms with Crippen LogP contribution in [0.5, 0.6) is 0 Å². The van der Waals surface area contributed by atoms with Crippen molar-refractivity contribution in [1.82, 2.24) is 14.8 Å². The van der Waals surface area contributed by atoms with E-state index in [-0.39, 0.29) is 5.76 Å². The molecule has 0 saturated heterocycles. The highest BCUT2D eigenvalue weighted by molar-refractivity contribution is 8.00. The van der Waals surface area contributed by atoms with Crippen LogP contribution in [0.1, 0.15) is 16.1 Å². The first-order chi connectivity index (χ1) is 7.81. The van der Waals surface area contributed by atoms with Crippen LogP contribution >= 0.6 is 23.3 Å². The van der Waals surface area contributed by atoms with Crippen LogP contribution in [0, 0.1) is 0 Å². The molecule has 0 aliphatic heterocycles. The third kappa shape index (κ3) is 2.40. The van der Waals surface area contributed by atoms with Crippen LogP contribution in [-0.4, -0.2) is 15.3 Å². The summed E-state index contributed by atoms with van der Waals surface area (Å²) in [6.07, 6.45) is 2.95. The van der Waals surface area contributed by atoms with E-state index in [1.54, 1.807) is 6.07 Å². The summed E-state index contributed by atoms with van der Waals surface area (Å²) in [5, 5.41) is 0. The highest BCUT2D eigenvalue weighted by atomic mass is 32.2. The molecule has 0 fully saturated rings. The van der Waals surface area contributed by atoms with Crippen molar-refractivity contribution in [1.29, 1.82) is 0 Å². The number of furan rings is 1. The second kappa shape index (κ2) is 5.10. The molecule has 84 valence electrons. The number of thioether (sulfide) groups is 1. The van der Waals surface area contributed by atoms with Crippen LogP contribution in [0.2, 0.25) is 0 Å². The van der Waals surface area contributed by atoms with Gasteiger partial charge >= 0.3 is 5.91 Å². The maximum atomic E-state index is 11.3. The quantitative estimate of drug-likeness (QED) is 0.367. The van der Waals surface area contributed by atoms with Crippen LogP contribution in [0.3, 0.4) is 0 Å². The van der Waals surface area contributed by atoms with Crippen molar-refractivity contribution < 1.29 is 9.21 Å². The fraction of sp³-hybridized carbons (Fsp3) is 0.125. The number of nitrogens with one attached hydrogen (secondary N) is 1. The van der Waals surface area contributed by atoms with Gasteiger partial charge < -0.3 is 4.42 Å². The Morgan fingerprint density at radius 1 is 1.69 bits per heavy atom. The fourth-order valence-corrected chi connectivity index (χ4v) is 2.50. The molecule has 2 rings (SSSR count). The summed E-state index contributed by atoms with van der Waals surface area (Å²) in [4.78, 5) is 15.3. The van der Waals surface area contributed by atoms with Gasteiger partial charge in [-0.05, 0) is 17.6 Å². The van der Waals surface area contributed by atoms with Crippen LogP contribution in [0.25, 0.3) is 0 Å². The van der Waals surface area contributed by atoms with Crippen molar-refractivity contribution in [3.8, 4) is 0 Å². The zero-order valence-corrected chi connectivity index (χ0v) is 9.68. The van der Waals surface area contributed by atoms with E-state index in [1.807, 2.05) is 5.43 Å². The number of nitrogens with zero attached hydrogens (tertiary/aromatic N) is 2. The number of amides is 1. The number of hydrogen-bond acceptors (Lipinski definition) is 7. The summed E-state index contributed by atoms with van der Waals surface area (Å²) in [6.45, 7) is 0. The molecule has 3 N–H and O–H groups in total. The first-order valence-corrected chi connectivity index (χ1v) is 6.04. The average Bonchev–Trinajstić information content (AvgIpc) is 2.96. The van der Waals surface area contributed by atoms with Crippen molar-refractivity contribution >= 4 is 29.2 Å². The Kier molecular flexibility index (Phi) is 3.54. The van der Waals surface area contributed by atoms with Gasteiger partial charge in [-0.15, -0.1) is 0 Å². The van der Waals surface area contributed by atoms with E-state index in [0.717, 1.165) is 9.90 Å². The second-order valence-corrected chi connectivity index (χ2v) is 4.75. The molecule has 0 atom stereocenters. The van der Waals surface area contributed by atoms with E-state index in [1.165, 1.54) is 35.9 Å². The molecule has 0 unspecified atom stereocenters. The van der Waals surface area contributed by atoms with Gasteiger partial charge in [-0.25, -0.2) is 10.8 Å². The zero-order valence-electron chi connectivity index (χ0n) is 8.04. The highest BCUT2D eigenvalue weighted by Gasteiger charge is 2.14. The summed E-state index contributed by atoms with van der Waals surface area (Å²) in [5.74, 6) is 5.43. The molecule has 2 aromatic rings. The average molecular weight is 256 g/mol. The minimum absolute atomic E-state index is 0.236. The summed E-state index contributed by atoms with van der Waals surface area (Å²) in [6, 6.07) is 1.73. The molecule has 0 spiro atoms. The lowest BCUT2D eigenvalue weighted by molar-refractivity contribution is 0.0925. The summed E-state index contributed by atoms with van der Waals surface area (Å²) in [5.41, 5.74) is 2.81. The molecule has 1 amide bonds. The lowest BCUT2D eigenvalue weighted by atomic mass is 10.3.